The van der Waals surface area contributed by atoms with E-state index in [1.54, 1.807) is 36.0 Å². The van der Waals surface area contributed by atoms with Crippen LogP contribution in [0, 0.1) is 0 Å². The van der Waals surface area contributed by atoms with Crippen molar-refractivity contribution in [3.8, 4) is 0 Å². The molecule has 2 aromatic carbocycles. The van der Waals surface area contributed by atoms with Gasteiger partial charge in [-0.1, -0.05) is 23.7 Å². The number of amides is 1. The van der Waals surface area contributed by atoms with Crippen LogP contribution in [0.2, 0.25) is 5.02 Å². The summed E-state index contributed by atoms with van der Waals surface area (Å²) < 4.78 is 5.55. The van der Waals surface area contributed by atoms with E-state index >= 15 is 0 Å². The van der Waals surface area contributed by atoms with Crippen molar-refractivity contribution in [2.75, 3.05) is 11.6 Å². The first-order valence-corrected chi connectivity index (χ1v) is 7.91. The van der Waals surface area contributed by atoms with Crippen molar-refractivity contribution >= 4 is 45.9 Å². The number of furan rings is 1. The third kappa shape index (κ3) is 2.91. The maximum atomic E-state index is 12.3. The minimum Gasteiger partial charge on any atom is -0.451 e. The summed E-state index contributed by atoms with van der Waals surface area (Å²) in [5.74, 6) is -0.00741. The number of rotatable bonds is 3. The molecule has 21 heavy (non-hydrogen) atoms. The van der Waals surface area contributed by atoms with Crippen molar-refractivity contribution in [1.29, 1.82) is 0 Å². The molecule has 0 bridgehead atoms. The van der Waals surface area contributed by atoms with Gasteiger partial charge in [0.2, 0.25) is 0 Å². The normalized spacial score (nSPS) is 10.8. The van der Waals surface area contributed by atoms with E-state index in [0.717, 1.165) is 16.0 Å². The maximum absolute atomic E-state index is 12.3. The summed E-state index contributed by atoms with van der Waals surface area (Å²) in [6.45, 7) is 0. The molecule has 1 amide bonds. The Morgan fingerprint density at radius 3 is 2.81 bits per heavy atom. The number of para-hydroxylation sites is 1. The number of nitrogens with one attached hydrogen (secondary N) is 1. The quantitative estimate of drug-likeness (QED) is 0.686. The number of hydrogen-bond acceptors (Lipinski definition) is 3. The molecule has 0 spiro atoms. The van der Waals surface area contributed by atoms with Gasteiger partial charge < -0.3 is 9.73 Å². The molecule has 0 radical (unpaired) electrons. The first-order valence-electron chi connectivity index (χ1n) is 6.31. The summed E-state index contributed by atoms with van der Waals surface area (Å²) in [6, 6.07) is 14.6. The molecule has 0 unspecified atom stereocenters. The Balaban J connectivity index is 1.90. The lowest BCUT2D eigenvalue weighted by Gasteiger charge is -2.07. The topological polar surface area (TPSA) is 42.2 Å². The fourth-order valence-corrected chi connectivity index (χ4v) is 2.79. The first kappa shape index (κ1) is 14.0. The highest BCUT2D eigenvalue weighted by Gasteiger charge is 2.14. The van der Waals surface area contributed by atoms with Crippen LogP contribution in [0.4, 0.5) is 5.69 Å². The third-order valence-electron chi connectivity index (χ3n) is 3.06. The number of benzene rings is 2. The zero-order valence-electron chi connectivity index (χ0n) is 11.2. The molecule has 1 heterocycles. The number of anilines is 1. The SMILES string of the molecule is CSc1ccccc1NC(=O)c1cc2cc(Cl)ccc2o1. The van der Waals surface area contributed by atoms with Gasteiger partial charge in [-0.15, -0.1) is 11.8 Å². The van der Waals surface area contributed by atoms with E-state index in [1.165, 1.54) is 0 Å². The Morgan fingerprint density at radius 2 is 2.00 bits per heavy atom. The molecule has 106 valence electrons. The molecule has 0 aliphatic heterocycles. The van der Waals surface area contributed by atoms with Crippen molar-refractivity contribution in [2.45, 2.75) is 4.90 Å². The second-order valence-electron chi connectivity index (χ2n) is 4.45. The predicted octanol–water partition coefficient (Wildman–Crippen LogP) is 5.06. The van der Waals surface area contributed by atoms with E-state index in [-0.39, 0.29) is 11.7 Å². The van der Waals surface area contributed by atoms with Gasteiger partial charge in [0.05, 0.1) is 5.69 Å². The molecule has 0 aliphatic rings. The van der Waals surface area contributed by atoms with Crippen molar-refractivity contribution in [3.63, 3.8) is 0 Å². The summed E-state index contributed by atoms with van der Waals surface area (Å²) >= 11 is 7.51. The van der Waals surface area contributed by atoms with Gasteiger partial charge >= 0.3 is 0 Å². The lowest BCUT2D eigenvalue weighted by atomic mass is 10.2. The van der Waals surface area contributed by atoms with Crippen molar-refractivity contribution in [3.05, 3.63) is 59.3 Å². The second kappa shape index (κ2) is 5.84. The van der Waals surface area contributed by atoms with E-state index in [2.05, 4.69) is 5.32 Å². The molecular weight excluding hydrogens is 306 g/mol. The fraction of sp³-hybridized carbons (Fsp3) is 0.0625. The molecule has 5 heteroatoms. The maximum Gasteiger partial charge on any atom is 0.291 e. The highest BCUT2D eigenvalue weighted by atomic mass is 35.5. The minimum absolute atomic E-state index is 0.267. The van der Waals surface area contributed by atoms with Gasteiger partial charge in [0.25, 0.3) is 5.91 Å². The van der Waals surface area contributed by atoms with Crippen LogP contribution in [0.1, 0.15) is 10.6 Å². The summed E-state index contributed by atoms with van der Waals surface area (Å²) in [7, 11) is 0. The Morgan fingerprint density at radius 1 is 1.19 bits per heavy atom. The van der Waals surface area contributed by atoms with Gasteiger partial charge in [0.1, 0.15) is 5.58 Å². The first-order chi connectivity index (χ1) is 10.2. The molecule has 0 saturated heterocycles. The zero-order valence-corrected chi connectivity index (χ0v) is 12.8. The van der Waals surface area contributed by atoms with Gasteiger partial charge in [0, 0.05) is 15.3 Å². The molecule has 3 nitrogen and oxygen atoms in total. The highest BCUT2D eigenvalue weighted by Crippen LogP contribution is 2.27. The van der Waals surface area contributed by atoms with Crippen LogP contribution in [0.25, 0.3) is 11.0 Å². The Bertz CT molecular complexity index is 813. The molecule has 0 aliphatic carbocycles. The van der Waals surface area contributed by atoms with Gasteiger partial charge in [0.15, 0.2) is 5.76 Å². The fourth-order valence-electron chi connectivity index (χ4n) is 2.06. The summed E-state index contributed by atoms with van der Waals surface area (Å²) in [5, 5.41) is 4.29. The monoisotopic (exact) mass is 317 g/mol. The van der Waals surface area contributed by atoms with Crippen LogP contribution >= 0.6 is 23.4 Å². The molecule has 3 rings (SSSR count). The number of halogens is 1. The molecule has 3 aromatic rings. The van der Waals surface area contributed by atoms with E-state index < -0.39 is 0 Å². The number of thioether (sulfide) groups is 1. The Kier molecular flexibility index (Phi) is 3.90. The van der Waals surface area contributed by atoms with E-state index in [9.17, 15) is 4.79 Å². The molecule has 0 atom stereocenters. The van der Waals surface area contributed by atoms with Gasteiger partial charge in [-0.3, -0.25) is 4.79 Å². The minimum atomic E-state index is -0.274. The van der Waals surface area contributed by atoms with Crippen LogP contribution in [0.3, 0.4) is 0 Å². The molecule has 1 aromatic heterocycles. The summed E-state index contributed by atoms with van der Waals surface area (Å²) in [5.41, 5.74) is 1.41. The smallest absolute Gasteiger partial charge is 0.291 e. The standard InChI is InChI=1S/C16H12ClNO2S/c1-21-15-5-3-2-4-12(15)18-16(19)14-9-10-8-11(17)6-7-13(10)20-14/h2-9H,1H3,(H,18,19). The Hall–Kier alpha value is -1.91. The van der Waals surface area contributed by atoms with E-state index in [1.807, 2.05) is 30.5 Å². The van der Waals surface area contributed by atoms with Crippen molar-refractivity contribution < 1.29 is 9.21 Å². The second-order valence-corrected chi connectivity index (χ2v) is 5.73. The largest absolute Gasteiger partial charge is 0.451 e. The molecule has 1 N–H and O–H groups in total. The lowest BCUT2D eigenvalue weighted by molar-refractivity contribution is 0.0998. The van der Waals surface area contributed by atoms with Crippen LogP contribution in [-0.2, 0) is 0 Å². The lowest BCUT2D eigenvalue weighted by Crippen LogP contribution is -2.11. The van der Waals surface area contributed by atoms with E-state index in [4.69, 9.17) is 16.0 Å². The average Bonchev–Trinajstić information content (AvgIpc) is 2.91. The van der Waals surface area contributed by atoms with Crippen LogP contribution in [0.15, 0.2) is 57.8 Å². The van der Waals surface area contributed by atoms with Gasteiger partial charge in [-0.2, -0.15) is 0 Å². The predicted molar refractivity (Wildman–Crippen MR) is 87.4 cm³/mol. The van der Waals surface area contributed by atoms with Gasteiger partial charge in [-0.25, -0.2) is 0 Å². The number of carbonyl (C=O) groups excluding carboxylic acids is 1. The average molecular weight is 318 g/mol. The summed E-state index contributed by atoms with van der Waals surface area (Å²) in [4.78, 5) is 13.3. The van der Waals surface area contributed by atoms with Crippen molar-refractivity contribution in [1.82, 2.24) is 0 Å². The zero-order chi connectivity index (χ0) is 14.8. The Labute approximate surface area is 131 Å². The molecular formula is C16H12ClNO2S. The molecule has 0 saturated carbocycles. The van der Waals surface area contributed by atoms with Gasteiger partial charge in [-0.05, 0) is 42.7 Å². The van der Waals surface area contributed by atoms with Crippen LogP contribution < -0.4 is 5.32 Å². The van der Waals surface area contributed by atoms with Crippen LogP contribution in [0.5, 0.6) is 0 Å². The molecule has 0 fully saturated rings. The van der Waals surface area contributed by atoms with E-state index in [0.29, 0.717) is 10.6 Å². The van der Waals surface area contributed by atoms with Crippen molar-refractivity contribution in [2.24, 2.45) is 0 Å². The third-order valence-corrected chi connectivity index (χ3v) is 4.09. The van der Waals surface area contributed by atoms with Crippen LogP contribution in [-0.4, -0.2) is 12.2 Å². The summed E-state index contributed by atoms with van der Waals surface area (Å²) in [6.07, 6.45) is 1.97. The number of hydrogen-bond donors (Lipinski definition) is 1. The number of carbonyl (C=O) groups is 1. The number of fused-ring (bicyclic) bond motifs is 1. The highest BCUT2D eigenvalue weighted by molar-refractivity contribution is 7.98.